The van der Waals surface area contributed by atoms with E-state index in [1.165, 1.54) is 62.8 Å². The van der Waals surface area contributed by atoms with Gasteiger partial charge in [-0.1, -0.05) is 23.8 Å². The predicted molar refractivity (Wildman–Crippen MR) is 162 cm³/mol. The zero-order chi connectivity index (χ0) is 33.6. The second-order valence-corrected chi connectivity index (χ2v) is 12.7. The fourth-order valence-electron chi connectivity index (χ4n) is 3.88. The van der Waals surface area contributed by atoms with E-state index in [-0.39, 0.29) is 64.1 Å². The molecule has 0 aliphatic carbocycles. The van der Waals surface area contributed by atoms with Crippen LogP contribution in [0.2, 0.25) is 0 Å². The lowest BCUT2D eigenvalue weighted by Crippen LogP contribution is -2.11. The Kier molecular flexibility index (Phi) is 11.0. The Morgan fingerprint density at radius 2 is 1.42 bits per heavy atom. The summed E-state index contributed by atoms with van der Waals surface area (Å²) in [6, 6.07) is 11.6. The number of rotatable bonds is 13. The molecule has 0 saturated heterocycles. The molecule has 0 unspecified atom stereocenters. The minimum Gasteiger partial charge on any atom is -0.496 e. The third-order valence-electron chi connectivity index (χ3n) is 5.63. The highest BCUT2D eigenvalue weighted by atomic mass is 32.2. The van der Waals surface area contributed by atoms with Crippen LogP contribution in [-0.4, -0.2) is 62.9 Å². The van der Waals surface area contributed by atoms with Crippen molar-refractivity contribution in [1.82, 2.24) is 0 Å². The fourth-order valence-corrected chi connectivity index (χ4v) is 4.80. The van der Waals surface area contributed by atoms with E-state index in [9.17, 15) is 30.0 Å². The quantitative estimate of drug-likeness (QED) is 0.0886. The molecule has 16 heteroatoms. The molecule has 0 bridgehead atoms. The van der Waals surface area contributed by atoms with Crippen LogP contribution in [0, 0.1) is 0 Å². The number of alkyl halides is 3. The Bertz CT molecular complexity index is 1800. The van der Waals surface area contributed by atoms with Gasteiger partial charge in [-0.3, -0.25) is 0 Å². The number of hydrogen-bond acceptors (Lipinski definition) is 11. The number of aliphatic imine (C=N–C) groups is 1. The van der Waals surface area contributed by atoms with Crippen LogP contribution in [0.5, 0.6) is 28.7 Å². The van der Waals surface area contributed by atoms with Crippen LogP contribution in [0.15, 0.2) is 65.2 Å². The molecular weight excluding hydrogens is 643 g/mol. The van der Waals surface area contributed by atoms with Crippen LogP contribution in [0.4, 0.5) is 18.9 Å². The molecular formula is C29H30F3NO10S2. The first-order valence-corrected chi connectivity index (χ1v) is 16.4. The fraction of sp³-hybridized carbons (Fsp3) is 0.276. The third-order valence-corrected chi connectivity index (χ3v) is 6.58. The van der Waals surface area contributed by atoms with Crippen molar-refractivity contribution in [2.45, 2.75) is 20.2 Å². The molecule has 0 aromatic heterocycles. The third kappa shape index (κ3) is 10.3. The smallest absolute Gasteiger partial charge is 0.496 e. The average molecular weight is 674 g/mol. The summed E-state index contributed by atoms with van der Waals surface area (Å²) in [6.45, 7) is 3.85. The Morgan fingerprint density at radius 3 is 1.96 bits per heavy atom. The molecule has 0 heterocycles. The first kappa shape index (κ1) is 35.0. The minimum atomic E-state index is -4.89. The molecule has 11 nitrogen and oxygen atoms in total. The molecule has 0 aliphatic heterocycles. The van der Waals surface area contributed by atoms with E-state index in [0.29, 0.717) is 5.56 Å². The van der Waals surface area contributed by atoms with Gasteiger partial charge in [-0.2, -0.15) is 16.8 Å². The highest BCUT2D eigenvalue weighted by molar-refractivity contribution is 7.86. The summed E-state index contributed by atoms with van der Waals surface area (Å²) in [7, 11) is -5.60. The predicted octanol–water partition coefficient (Wildman–Crippen LogP) is 6.26. The molecule has 0 atom stereocenters. The lowest BCUT2D eigenvalue weighted by molar-refractivity contribution is -0.280. The van der Waals surface area contributed by atoms with Crippen LogP contribution in [0.1, 0.15) is 13.8 Å². The lowest BCUT2D eigenvalue weighted by atomic mass is 9.96. The van der Waals surface area contributed by atoms with Crippen LogP contribution in [0.3, 0.4) is 0 Å². The number of nitrogens with zero attached hydrogens (tertiary/aromatic N) is 1. The second kappa shape index (κ2) is 14.1. The lowest BCUT2D eigenvalue weighted by Gasteiger charge is -2.21. The van der Waals surface area contributed by atoms with E-state index in [4.69, 9.17) is 22.6 Å². The Morgan fingerprint density at radius 1 is 0.800 bits per heavy atom. The molecule has 0 aliphatic rings. The van der Waals surface area contributed by atoms with Gasteiger partial charge in [0.05, 0.1) is 38.0 Å². The molecule has 3 aromatic carbocycles. The van der Waals surface area contributed by atoms with Crippen LogP contribution in [-0.2, 0) is 25.0 Å². The molecule has 0 radical (unpaired) electrons. The van der Waals surface area contributed by atoms with Gasteiger partial charge in [0.2, 0.25) is 0 Å². The molecule has 0 amide bonds. The second-order valence-electron chi connectivity index (χ2n) is 9.54. The normalized spacial score (nSPS) is 12.0. The molecule has 244 valence electrons. The molecule has 3 rings (SSSR count). The van der Waals surface area contributed by atoms with Gasteiger partial charge < -0.3 is 27.3 Å². The maximum absolute atomic E-state index is 12.4. The van der Waals surface area contributed by atoms with Crippen molar-refractivity contribution < 1.29 is 57.3 Å². The highest BCUT2D eigenvalue weighted by Crippen LogP contribution is 2.51. The molecule has 0 spiro atoms. The monoisotopic (exact) mass is 673 g/mol. The van der Waals surface area contributed by atoms with Crippen LogP contribution < -0.4 is 22.6 Å². The van der Waals surface area contributed by atoms with E-state index in [2.05, 4.69) is 9.73 Å². The maximum atomic E-state index is 12.4. The Labute approximate surface area is 259 Å². The topological polar surface area (TPSA) is 136 Å². The summed E-state index contributed by atoms with van der Waals surface area (Å²) in [5.74, 6) is -0.342. The molecule has 3 aromatic rings. The van der Waals surface area contributed by atoms with Crippen molar-refractivity contribution in [3.63, 3.8) is 0 Å². The van der Waals surface area contributed by atoms with E-state index < -0.39 is 26.6 Å². The van der Waals surface area contributed by atoms with E-state index in [1.807, 2.05) is 13.8 Å². The van der Waals surface area contributed by atoms with Gasteiger partial charge in [-0.05, 0) is 61.4 Å². The van der Waals surface area contributed by atoms with Crippen LogP contribution in [0.25, 0.3) is 22.3 Å². The van der Waals surface area contributed by atoms with Gasteiger partial charge in [0.25, 0.3) is 0 Å². The van der Waals surface area contributed by atoms with Crippen molar-refractivity contribution in [3.05, 3.63) is 60.2 Å². The number of methoxy groups -OCH3 is 2. The number of hydrogen-bond donors (Lipinski definition) is 0. The molecule has 0 saturated carbocycles. The number of allylic oxidation sites excluding steroid dienone is 1. The largest absolute Gasteiger partial charge is 0.573 e. The zero-order valence-electron chi connectivity index (χ0n) is 25.0. The summed E-state index contributed by atoms with van der Waals surface area (Å²) >= 11 is 0. The van der Waals surface area contributed by atoms with Gasteiger partial charge in [-0.15, -0.1) is 13.2 Å². The summed E-state index contributed by atoms with van der Waals surface area (Å²) in [4.78, 5) is 3.59. The maximum Gasteiger partial charge on any atom is 0.573 e. The zero-order valence-corrected chi connectivity index (χ0v) is 26.6. The van der Waals surface area contributed by atoms with Crippen molar-refractivity contribution in [3.8, 4) is 51.0 Å². The van der Waals surface area contributed by atoms with Crippen molar-refractivity contribution >= 4 is 32.3 Å². The Hall–Kier alpha value is -4.44. The van der Waals surface area contributed by atoms with E-state index >= 15 is 0 Å². The molecule has 0 fully saturated rings. The summed E-state index contributed by atoms with van der Waals surface area (Å²) in [6.07, 6.45) is -1.18. The van der Waals surface area contributed by atoms with Gasteiger partial charge >= 0.3 is 26.6 Å². The van der Waals surface area contributed by atoms with Gasteiger partial charge in [0.15, 0.2) is 29.4 Å². The first-order valence-electron chi connectivity index (χ1n) is 12.8. The van der Waals surface area contributed by atoms with E-state index in [1.54, 1.807) is 6.08 Å². The Balaban J connectivity index is 2.24. The minimum absolute atomic E-state index is 0.0534. The van der Waals surface area contributed by atoms with Crippen molar-refractivity contribution in [2.24, 2.45) is 4.99 Å². The number of halogens is 3. The summed E-state index contributed by atoms with van der Waals surface area (Å²) < 4.78 is 117. The van der Waals surface area contributed by atoms with Crippen molar-refractivity contribution in [2.75, 3.05) is 33.3 Å². The number of ether oxygens (including phenoxy) is 4. The van der Waals surface area contributed by atoms with Crippen LogP contribution >= 0.6 is 0 Å². The average Bonchev–Trinajstić information content (AvgIpc) is 2.91. The summed E-state index contributed by atoms with van der Waals surface area (Å²) in [5, 5.41) is 0. The standard InChI is InChI=1S/C29H30F3NO10S2/c1-18(2)13-14-40-23-12-9-20(15-24(23)42-44(5,34)35)26-25(38-3)16-22(27(39-4)28(26)43-45(6,36)37)19-7-10-21(11-8-19)33-17-41-29(30,31)32/h7-13,15-17H,14H2,1-6H3/b33-17-. The van der Waals surface area contributed by atoms with E-state index in [0.717, 1.165) is 18.1 Å². The number of benzene rings is 3. The van der Waals surface area contributed by atoms with Gasteiger partial charge in [0.1, 0.15) is 12.4 Å². The molecule has 0 N–H and O–H groups in total. The highest BCUT2D eigenvalue weighted by Gasteiger charge is 2.29. The molecule has 45 heavy (non-hydrogen) atoms. The SMILES string of the molecule is COc1cc(-c2ccc(/N=C\OC(F)(F)F)cc2)c(OC)c(OS(C)(=O)=O)c1-c1ccc(OCC=C(C)C)c(OS(C)(=O)=O)c1. The first-order chi connectivity index (χ1) is 20.9. The van der Waals surface area contributed by atoms with Crippen molar-refractivity contribution in [1.29, 1.82) is 0 Å². The van der Waals surface area contributed by atoms with Gasteiger partial charge in [-0.25, -0.2) is 4.99 Å². The van der Waals surface area contributed by atoms with Gasteiger partial charge in [0, 0.05) is 5.56 Å². The summed E-state index contributed by atoms with van der Waals surface area (Å²) in [5.41, 5.74) is 2.10.